The van der Waals surface area contributed by atoms with Crippen molar-refractivity contribution in [2.24, 2.45) is 11.8 Å². The van der Waals surface area contributed by atoms with E-state index in [4.69, 9.17) is 0 Å². The standard InChI is InChI=1S/C14H21N3O.C3H8/c1-11-3-2-4-12(9-11)14(18)17-6-5-13-10-15-7-8-16-13;1-3-2/h7-8,10-12H,2-6,9H2,1H3,(H,17,18);3H2,1-2H3. The molecule has 1 fully saturated rings. The minimum absolute atomic E-state index is 0.213. The summed E-state index contributed by atoms with van der Waals surface area (Å²) < 4.78 is 0. The van der Waals surface area contributed by atoms with Gasteiger partial charge in [-0.15, -0.1) is 0 Å². The van der Waals surface area contributed by atoms with Crippen molar-refractivity contribution in [2.75, 3.05) is 6.54 Å². The number of hydrogen-bond donors (Lipinski definition) is 1. The van der Waals surface area contributed by atoms with Gasteiger partial charge in [-0.2, -0.15) is 0 Å². The van der Waals surface area contributed by atoms with E-state index in [9.17, 15) is 4.79 Å². The van der Waals surface area contributed by atoms with Crippen LogP contribution >= 0.6 is 0 Å². The number of carbonyl (C=O) groups excluding carboxylic acids is 1. The van der Waals surface area contributed by atoms with Gasteiger partial charge in [0.05, 0.1) is 5.69 Å². The largest absolute Gasteiger partial charge is 0.355 e. The van der Waals surface area contributed by atoms with Gasteiger partial charge in [0.2, 0.25) is 5.91 Å². The normalized spacial score (nSPS) is 21.1. The van der Waals surface area contributed by atoms with Crippen molar-refractivity contribution in [3.63, 3.8) is 0 Å². The fourth-order valence-corrected chi connectivity index (χ4v) is 2.59. The van der Waals surface area contributed by atoms with Crippen LogP contribution in [0.2, 0.25) is 0 Å². The van der Waals surface area contributed by atoms with Crippen LogP contribution in [0.4, 0.5) is 0 Å². The van der Waals surface area contributed by atoms with Gasteiger partial charge < -0.3 is 5.32 Å². The Balaban J connectivity index is 0.000000677. The molecule has 1 aromatic rings. The predicted molar refractivity (Wildman–Crippen MR) is 85.8 cm³/mol. The van der Waals surface area contributed by atoms with Crippen LogP contribution in [0.3, 0.4) is 0 Å². The molecule has 0 aromatic carbocycles. The van der Waals surface area contributed by atoms with Crippen molar-refractivity contribution >= 4 is 5.91 Å². The maximum atomic E-state index is 12.0. The Morgan fingerprint density at radius 1 is 1.33 bits per heavy atom. The first kappa shape index (κ1) is 17.6. The van der Waals surface area contributed by atoms with Crippen LogP contribution in [-0.4, -0.2) is 22.4 Å². The van der Waals surface area contributed by atoms with Crippen LogP contribution in [-0.2, 0) is 11.2 Å². The molecule has 4 nitrogen and oxygen atoms in total. The second-order valence-corrected chi connectivity index (χ2v) is 5.91. The molecule has 1 N–H and O–H groups in total. The highest BCUT2D eigenvalue weighted by molar-refractivity contribution is 5.78. The summed E-state index contributed by atoms with van der Waals surface area (Å²) in [6, 6.07) is 0. The van der Waals surface area contributed by atoms with Crippen molar-refractivity contribution in [2.45, 2.75) is 59.3 Å². The molecular weight excluding hydrogens is 262 g/mol. The highest BCUT2D eigenvalue weighted by Crippen LogP contribution is 2.28. The summed E-state index contributed by atoms with van der Waals surface area (Å²) in [4.78, 5) is 20.2. The van der Waals surface area contributed by atoms with Gasteiger partial charge in [0, 0.05) is 37.5 Å². The minimum Gasteiger partial charge on any atom is -0.355 e. The molecule has 0 radical (unpaired) electrons. The first-order valence-corrected chi connectivity index (χ1v) is 8.19. The molecule has 1 aliphatic rings. The van der Waals surface area contributed by atoms with Crippen molar-refractivity contribution in [1.82, 2.24) is 15.3 Å². The van der Waals surface area contributed by atoms with Gasteiger partial charge in [0.1, 0.15) is 0 Å². The van der Waals surface area contributed by atoms with E-state index in [1.54, 1.807) is 18.6 Å². The molecule has 0 aliphatic heterocycles. The summed E-state index contributed by atoms with van der Waals surface area (Å²) in [5.74, 6) is 1.12. The summed E-state index contributed by atoms with van der Waals surface area (Å²) in [5.41, 5.74) is 0.926. The lowest BCUT2D eigenvalue weighted by atomic mass is 9.82. The molecule has 1 amide bonds. The number of hydrogen-bond acceptors (Lipinski definition) is 3. The molecule has 4 heteroatoms. The zero-order valence-electron chi connectivity index (χ0n) is 13.6. The Labute approximate surface area is 128 Å². The first-order chi connectivity index (χ1) is 10.2. The Morgan fingerprint density at radius 3 is 2.71 bits per heavy atom. The van der Waals surface area contributed by atoms with Gasteiger partial charge in [0.25, 0.3) is 0 Å². The Hall–Kier alpha value is -1.45. The molecule has 0 saturated heterocycles. The quantitative estimate of drug-likeness (QED) is 0.925. The highest BCUT2D eigenvalue weighted by atomic mass is 16.1. The molecule has 2 unspecified atom stereocenters. The molecule has 1 saturated carbocycles. The van der Waals surface area contributed by atoms with Crippen molar-refractivity contribution in [3.8, 4) is 0 Å². The highest BCUT2D eigenvalue weighted by Gasteiger charge is 2.24. The summed E-state index contributed by atoms with van der Waals surface area (Å²) >= 11 is 0. The number of amides is 1. The maximum absolute atomic E-state index is 12.0. The summed E-state index contributed by atoms with van der Waals surface area (Å²) in [6.45, 7) is 7.14. The lowest BCUT2D eigenvalue weighted by Crippen LogP contribution is -2.34. The topological polar surface area (TPSA) is 54.9 Å². The van der Waals surface area contributed by atoms with E-state index in [1.807, 2.05) is 0 Å². The predicted octanol–water partition coefficient (Wildman–Crippen LogP) is 3.38. The Bertz CT molecular complexity index is 394. The monoisotopic (exact) mass is 291 g/mol. The zero-order chi connectivity index (χ0) is 15.5. The lowest BCUT2D eigenvalue weighted by Gasteiger charge is -2.25. The molecule has 2 atom stereocenters. The van der Waals surface area contributed by atoms with Crippen LogP contribution in [0.25, 0.3) is 0 Å². The third-order valence-electron chi connectivity index (χ3n) is 3.60. The average Bonchev–Trinajstić information content (AvgIpc) is 2.49. The zero-order valence-corrected chi connectivity index (χ0v) is 13.6. The molecule has 118 valence electrons. The van der Waals surface area contributed by atoms with Crippen molar-refractivity contribution in [3.05, 3.63) is 24.3 Å². The van der Waals surface area contributed by atoms with Gasteiger partial charge in [-0.25, -0.2) is 0 Å². The summed E-state index contributed by atoms with van der Waals surface area (Å²) in [5, 5.41) is 3.01. The molecular formula is C17H29N3O. The van der Waals surface area contributed by atoms with Crippen molar-refractivity contribution in [1.29, 1.82) is 0 Å². The molecule has 21 heavy (non-hydrogen) atoms. The second-order valence-electron chi connectivity index (χ2n) is 5.91. The number of nitrogens with one attached hydrogen (secondary N) is 1. The fraction of sp³-hybridized carbons (Fsp3) is 0.706. The van der Waals surface area contributed by atoms with Gasteiger partial charge >= 0.3 is 0 Å². The van der Waals surface area contributed by atoms with Crippen LogP contribution in [0.1, 0.15) is 58.6 Å². The number of rotatable bonds is 4. The smallest absolute Gasteiger partial charge is 0.223 e. The van der Waals surface area contributed by atoms with E-state index in [0.29, 0.717) is 12.5 Å². The number of aromatic nitrogens is 2. The molecule has 0 spiro atoms. The maximum Gasteiger partial charge on any atom is 0.223 e. The van der Waals surface area contributed by atoms with E-state index < -0.39 is 0 Å². The lowest BCUT2D eigenvalue weighted by molar-refractivity contribution is -0.126. The van der Waals surface area contributed by atoms with Gasteiger partial charge in [0.15, 0.2) is 0 Å². The van der Waals surface area contributed by atoms with Crippen molar-refractivity contribution < 1.29 is 4.79 Å². The van der Waals surface area contributed by atoms with Crippen LogP contribution < -0.4 is 5.32 Å². The number of carbonyl (C=O) groups is 1. The second kappa shape index (κ2) is 10.3. The molecule has 1 heterocycles. The van der Waals surface area contributed by atoms with Crippen LogP contribution in [0.5, 0.6) is 0 Å². The Morgan fingerprint density at radius 2 is 2.10 bits per heavy atom. The summed E-state index contributed by atoms with van der Waals surface area (Å²) in [6.07, 6.45) is 11.6. The molecule has 1 aromatic heterocycles. The van der Waals surface area contributed by atoms with E-state index in [-0.39, 0.29) is 11.8 Å². The average molecular weight is 291 g/mol. The van der Waals surface area contributed by atoms with Crippen LogP contribution in [0.15, 0.2) is 18.6 Å². The van der Waals surface area contributed by atoms with Crippen LogP contribution in [0, 0.1) is 11.8 Å². The fourth-order valence-electron chi connectivity index (χ4n) is 2.59. The molecule has 1 aliphatic carbocycles. The van der Waals surface area contributed by atoms with E-state index in [1.165, 1.54) is 19.3 Å². The van der Waals surface area contributed by atoms with E-state index in [0.717, 1.165) is 25.0 Å². The first-order valence-electron chi connectivity index (χ1n) is 8.19. The molecule has 2 rings (SSSR count). The minimum atomic E-state index is 0.213. The van der Waals surface area contributed by atoms with E-state index in [2.05, 4.69) is 36.1 Å². The van der Waals surface area contributed by atoms with Gasteiger partial charge in [-0.05, 0) is 18.8 Å². The third kappa shape index (κ3) is 7.21. The molecule has 0 bridgehead atoms. The SMILES string of the molecule is CC1CCCC(C(=O)NCCc2cnccn2)C1.CCC. The number of nitrogens with zero attached hydrogens (tertiary/aromatic N) is 2. The van der Waals surface area contributed by atoms with E-state index >= 15 is 0 Å². The third-order valence-corrected chi connectivity index (χ3v) is 3.60. The Kier molecular flexibility index (Phi) is 8.63. The van der Waals surface area contributed by atoms with Gasteiger partial charge in [-0.3, -0.25) is 14.8 Å². The summed E-state index contributed by atoms with van der Waals surface area (Å²) in [7, 11) is 0. The van der Waals surface area contributed by atoms with Gasteiger partial charge in [-0.1, -0.05) is 40.0 Å².